The highest BCUT2D eigenvalue weighted by atomic mass is 35.5. The van der Waals surface area contributed by atoms with Gasteiger partial charge in [-0.3, -0.25) is 9.89 Å². The first-order valence-corrected chi connectivity index (χ1v) is 14.2. The molecule has 1 aromatic heterocycles. The SMILES string of the molecule is CCCCCCCCCCOc1ccc(-c2cc(-c3ccc(OC(=O)[C@@H](Cl)[C@@H](C)CC)cc3)[nH]n2)cc1. The zero-order chi connectivity index (χ0) is 26.5. The Morgan fingerprint density at radius 1 is 0.865 bits per heavy atom. The molecule has 0 saturated carbocycles. The summed E-state index contributed by atoms with van der Waals surface area (Å²) in [7, 11) is 0. The predicted molar refractivity (Wildman–Crippen MR) is 152 cm³/mol. The smallest absolute Gasteiger partial charge is 0.329 e. The van der Waals surface area contributed by atoms with Gasteiger partial charge >= 0.3 is 5.97 Å². The average molecular weight is 525 g/mol. The molecule has 0 aliphatic carbocycles. The second-order valence-electron chi connectivity index (χ2n) is 9.75. The molecule has 0 unspecified atom stereocenters. The molecule has 0 aliphatic rings. The van der Waals surface area contributed by atoms with Crippen molar-refractivity contribution in [2.24, 2.45) is 5.92 Å². The summed E-state index contributed by atoms with van der Waals surface area (Å²) >= 11 is 6.19. The summed E-state index contributed by atoms with van der Waals surface area (Å²) < 4.78 is 11.3. The van der Waals surface area contributed by atoms with Crippen LogP contribution in [0.5, 0.6) is 11.5 Å². The molecule has 1 heterocycles. The first-order valence-electron chi connectivity index (χ1n) is 13.8. The molecule has 0 radical (unpaired) electrons. The molecule has 3 rings (SSSR count). The number of H-pyrrole nitrogens is 1. The number of benzene rings is 2. The maximum absolute atomic E-state index is 12.2. The highest BCUT2D eigenvalue weighted by Gasteiger charge is 2.23. The van der Waals surface area contributed by atoms with E-state index in [4.69, 9.17) is 21.1 Å². The van der Waals surface area contributed by atoms with Crippen molar-refractivity contribution in [3.05, 3.63) is 54.6 Å². The number of carbonyl (C=O) groups excluding carboxylic acids is 1. The quantitative estimate of drug-likeness (QED) is 0.0879. The van der Waals surface area contributed by atoms with Gasteiger partial charge in [-0.1, -0.05) is 72.1 Å². The molecule has 2 atom stereocenters. The van der Waals surface area contributed by atoms with Crippen LogP contribution in [0.1, 0.15) is 78.6 Å². The minimum absolute atomic E-state index is 0.0624. The first-order chi connectivity index (χ1) is 18.0. The number of nitrogens with zero attached hydrogens (tertiary/aromatic N) is 1. The van der Waals surface area contributed by atoms with E-state index in [9.17, 15) is 4.79 Å². The second kappa shape index (κ2) is 15.5. The van der Waals surface area contributed by atoms with Gasteiger partial charge in [0.05, 0.1) is 18.0 Å². The Labute approximate surface area is 226 Å². The lowest BCUT2D eigenvalue weighted by molar-refractivity contribution is -0.134. The standard InChI is InChI=1S/C31H41ClN2O3/c1-4-6-7-8-9-10-11-12-21-36-26-17-13-24(14-18-26)28-22-29(34-33-28)25-15-19-27(20-16-25)37-31(35)30(32)23(3)5-2/h13-20,22-23,30H,4-12,21H2,1-3H3,(H,33,34)/t23-,30-/m0/s1. The number of nitrogens with one attached hydrogen (secondary N) is 1. The van der Waals surface area contributed by atoms with Gasteiger partial charge in [0.15, 0.2) is 0 Å². The van der Waals surface area contributed by atoms with Gasteiger partial charge in [-0.2, -0.15) is 5.10 Å². The highest BCUT2D eigenvalue weighted by Crippen LogP contribution is 2.27. The molecule has 0 aliphatic heterocycles. The Bertz CT molecular complexity index is 1060. The predicted octanol–water partition coefficient (Wildman–Crippen LogP) is 8.82. The third-order valence-corrected chi connectivity index (χ3v) is 7.36. The number of hydrogen-bond donors (Lipinski definition) is 1. The fourth-order valence-electron chi connectivity index (χ4n) is 4.08. The number of ether oxygens (including phenoxy) is 2. The van der Waals surface area contributed by atoms with Crippen LogP contribution in [0.4, 0.5) is 0 Å². The fourth-order valence-corrected chi connectivity index (χ4v) is 4.30. The number of aromatic nitrogens is 2. The number of carbonyl (C=O) groups is 1. The van der Waals surface area contributed by atoms with Gasteiger partial charge in [0, 0.05) is 5.56 Å². The largest absolute Gasteiger partial charge is 0.494 e. The van der Waals surface area contributed by atoms with E-state index in [1.54, 1.807) is 12.1 Å². The zero-order valence-electron chi connectivity index (χ0n) is 22.5. The van der Waals surface area contributed by atoms with Crippen LogP contribution >= 0.6 is 11.6 Å². The summed E-state index contributed by atoms with van der Waals surface area (Å²) in [6, 6.07) is 17.4. The summed E-state index contributed by atoms with van der Waals surface area (Å²) in [5.41, 5.74) is 3.72. The van der Waals surface area contributed by atoms with E-state index in [0.717, 1.165) is 47.7 Å². The lowest BCUT2D eigenvalue weighted by Crippen LogP contribution is -2.26. The van der Waals surface area contributed by atoms with E-state index in [0.29, 0.717) is 5.75 Å². The molecule has 0 saturated heterocycles. The molecule has 6 heteroatoms. The maximum atomic E-state index is 12.2. The molecule has 37 heavy (non-hydrogen) atoms. The van der Waals surface area contributed by atoms with Crippen molar-refractivity contribution in [1.29, 1.82) is 0 Å². The van der Waals surface area contributed by atoms with E-state index in [2.05, 4.69) is 17.1 Å². The van der Waals surface area contributed by atoms with Gasteiger partial charge in [0.1, 0.15) is 16.9 Å². The molecule has 3 aromatic rings. The van der Waals surface area contributed by atoms with E-state index in [1.165, 1.54) is 44.9 Å². The van der Waals surface area contributed by atoms with Crippen molar-refractivity contribution >= 4 is 17.6 Å². The topological polar surface area (TPSA) is 64.2 Å². The number of halogens is 1. The number of esters is 1. The number of alkyl halides is 1. The van der Waals surface area contributed by atoms with Crippen molar-refractivity contribution in [2.75, 3.05) is 6.61 Å². The molecular weight excluding hydrogens is 484 g/mol. The van der Waals surface area contributed by atoms with Crippen LogP contribution in [-0.2, 0) is 4.79 Å². The van der Waals surface area contributed by atoms with Crippen LogP contribution in [0.2, 0.25) is 0 Å². The van der Waals surface area contributed by atoms with E-state index in [1.807, 2.05) is 56.3 Å². The molecule has 200 valence electrons. The summed E-state index contributed by atoms with van der Waals surface area (Å²) in [6.45, 7) is 6.96. The molecule has 0 fully saturated rings. The van der Waals surface area contributed by atoms with E-state index < -0.39 is 11.3 Å². The second-order valence-corrected chi connectivity index (χ2v) is 10.2. The molecule has 5 nitrogen and oxygen atoms in total. The number of rotatable bonds is 16. The lowest BCUT2D eigenvalue weighted by atomic mass is 10.1. The van der Waals surface area contributed by atoms with Crippen LogP contribution in [0, 0.1) is 5.92 Å². The van der Waals surface area contributed by atoms with Gasteiger partial charge in [0.2, 0.25) is 0 Å². The molecule has 0 amide bonds. The Kier molecular flexibility index (Phi) is 12.0. The summed E-state index contributed by atoms with van der Waals surface area (Å²) in [5.74, 6) is 1.01. The first kappa shape index (κ1) is 28.8. The highest BCUT2D eigenvalue weighted by molar-refractivity contribution is 6.30. The van der Waals surface area contributed by atoms with Crippen molar-refractivity contribution in [3.8, 4) is 34.0 Å². The summed E-state index contributed by atoms with van der Waals surface area (Å²) in [4.78, 5) is 12.2. The van der Waals surface area contributed by atoms with E-state index in [-0.39, 0.29) is 5.92 Å². The number of aromatic amines is 1. The van der Waals surface area contributed by atoms with Gasteiger partial charge in [-0.05, 0) is 72.5 Å². The van der Waals surface area contributed by atoms with Crippen molar-refractivity contribution < 1.29 is 14.3 Å². The van der Waals surface area contributed by atoms with Crippen LogP contribution < -0.4 is 9.47 Å². The van der Waals surface area contributed by atoms with Crippen LogP contribution in [0.25, 0.3) is 22.5 Å². The summed E-state index contributed by atoms with van der Waals surface area (Å²) in [5, 5.41) is 6.91. The molecule has 0 bridgehead atoms. The van der Waals surface area contributed by atoms with Crippen LogP contribution in [0.3, 0.4) is 0 Å². The monoisotopic (exact) mass is 524 g/mol. The van der Waals surface area contributed by atoms with Gasteiger partial charge in [-0.25, -0.2) is 0 Å². The maximum Gasteiger partial charge on any atom is 0.329 e. The van der Waals surface area contributed by atoms with Crippen LogP contribution in [0.15, 0.2) is 54.6 Å². The lowest BCUT2D eigenvalue weighted by Gasteiger charge is -2.14. The average Bonchev–Trinajstić information content (AvgIpc) is 3.42. The molecule has 0 spiro atoms. The van der Waals surface area contributed by atoms with Gasteiger partial charge in [0.25, 0.3) is 0 Å². The Balaban J connectivity index is 1.46. The van der Waals surface area contributed by atoms with Crippen molar-refractivity contribution in [2.45, 2.75) is 83.9 Å². The Morgan fingerprint density at radius 3 is 2.11 bits per heavy atom. The zero-order valence-corrected chi connectivity index (χ0v) is 23.2. The normalized spacial score (nSPS) is 12.8. The minimum atomic E-state index is -0.651. The fraction of sp³-hybridized carbons (Fsp3) is 0.484. The van der Waals surface area contributed by atoms with E-state index >= 15 is 0 Å². The minimum Gasteiger partial charge on any atom is -0.494 e. The Hall–Kier alpha value is -2.79. The molecule has 1 N–H and O–H groups in total. The molecule has 2 aromatic carbocycles. The third-order valence-electron chi connectivity index (χ3n) is 6.75. The summed E-state index contributed by atoms with van der Waals surface area (Å²) in [6.07, 6.45) is 11.2. The van der Waals surface area contributed by atoms with Crippen LogP contribution in [-0.4, -0.2) is 28.2 Å². The van der Waals surface area contributed by atoms with Gasteiger partial charge in [-0.15, -0.1) is 11.6 Å². The number of unbranched alkanes of at least 4 members (excludes halogenated alkanes) is 7. The number of hydrogen-bond acceptors (Lipinski definition) is 4. The molecular formula is C31H41ClN2O3. The van der Waals surface area contributed by atoms with Crippen molar-refractivity contribution in [1.82, 2.24) is 10.2 Å². The van der Waals surface area contributed by atoms with Gasteiger partial charge < -0.3 is 9.47 Å². The third kappa shape index (κ3) is 9.23. The van der Waals surface area contributed by atoms with Crippen molar-refractivity contribution in [3.63, 3.8) is 0 Å². The Morgan fingerprint density at radius 2 is 1.46 bits per heavy atom.